The lowest BCUT2D eigenvalue weighted by Crippen LogP contribution is -2.55. The molecule has 10 heteroatoms. The number of hydrogen-bond acceptors (Lipinski definition) is 3. The Bertz CT molecular complexity index is 436. The molecule has 1 saturated heterocycles. The Balaban J connectivity index is 2.89. The first kappa shape index (κ1) is 15.2. The van der Waals surface area contributed by atoms with Crippen molar-refractivity contribution in [3.8, 4) is 0 Å². The second-order valence-corrected chi connectivity index (χ2v) is 5.88. The zero-order chi connectivity index (χ0) is 14.2. The molecule has 106 valence electrons. The molecule has 0 bridgehead atoms. The summed E-state index contributed by atoms with van der Waals surface area (Å²) >= 11 is 0. The van der Waals surface area contributed by atoms with Gasteiger partial charge in [-0.3, -0.25) is 4.79 Å². The van der Waals surface area contributed by atoms with Crippen LogP contribution in [0.15, 0.2) is 0 Å². The normalized spacial score (nSPS) is 26.4. The molecule has 18 heavy (non-hydrogen) atoms. The van der Waals surface area contributed by atoms with Gasteiger partial charge in [-0.25, -0.2) is 0 Å². The van der Waals surface area contributed by atoms with Gasteiger partial charge < -0.3 is 5.11 Å². The van der Waals surface area contributed by atoms with Crippen LogP contribution in [0.2, 0.25) is 0 Å². The van der Waals surface area contributed by atoms with Crippen molar-refractivity contribution in [3.05, 3.63) is 0 Å². The molecule has 1 unspecified atom stereocenters. The highest BCUT2D eigenvalue weighted by molar-refractivity contribution is 7.87. The van der Waals surface area contributed by atoms with Gasteiger partial charge in [0.1, 0.15) is 12.1 Å². The monoisotopic (exact) mass is 290 g/mol. The van der Waals surface area contributed by atoms with Gasteiger partial charge in [0.15, 0.2) is 0 Å². The summed E-state index contributed by atoms with van der Waals surface area (Å²) in [6, 6.07) is 0. The zero-order valence-corrected chi connectivity index (χ0v) is 10.3. The smallest absolute Gasteiger partial charge is 0.402 e. The third-order valence-corrected chi connectivity index (χ3v) is 4.46. The number of rotatable bonds is 4. The quantitative estimate of drug-likeness (QED) is 0.781. The van der Waals surface area contributed by atoms with Gasteiger partial charge in [-0.05, 0) is 19.8 Å². The highest BCUT2D eigenvalue weighted by Crippen LogP contribution is 2.31. The van der Waals surface area contributed by atoms with E-state index in [-0.39, 0.29) is 19.4 Å². The Labute approximate surface area is 102 Å². The van der Waals surface area contributed by atoms with Crippen LogP contribution in [-0.4, -0.2) is 48.6 Å². The molecule has 0 aromatic carbocycles. The highest BCUT2D eigenvalue weighted by atomic mass is 32.2. The summed E-state index contributed by atoms with van der Waals surface area (Å²) < 4.78 is 61.1. The molecule has 0 aromatic rings. The van der Waals surface area contributed by atoms with E-state index in [1.165, 1.54) is 11.6 Å². The molecule has 0 spiro atoms. The van der Waals surface area contributed by atoms with Crippen molar-refractivity contribution in [3.63, 3.8) is 0 Å². The predicted molar refractivity (Wildman–Crippen MR) is 55.0 cm³/mol. The molecule has 0 aliphatic carbocycles. The summed E-state index contributed by atoms with van der Waals surface area (Å²) in [5.74, 6) is -1.38. The number of alkyl halides is 3. The molecule has 1 heterocycles. The van der Waals surface area contributed by atoms with Crippen LogP contribution < -0.4 is 4.72 Å². The number of nitrogens with one attached hydrogen (secondary N) is 1. The van der Waals surface area contributed by atoms with E-state index >= 15 is 0 Å². The Morgan fingerprint density at radius 2 is 2.06 bits per heavy atom. The maximum absolute atomic E-state index is 12.0. The summed E-state index contributed by atoms with van der Waals surface area (Å²) in [6.45, 7) is -0.660. The number of carboxylic acid groups (broad SMARTS) is 1. The molecule has 6 nitrogen and oxygen atoms in total. The van der Waals surface area contributed by atoms with E-state index in [0.717, 1.165) is 0 Å². The topological polar surface area (TPSA) is 86.7 Å². The summed E-state index contributed by atoms with van der Waals surface area (Å²) in [7, 11) is -4.46. The lowest BCUT2D eigenvalue weighted by molar-refractivity contribution is -0.146. The fraction of sp³-hybridized carbons (Fsp3) is 0.875. The summed E-state index contributed by atoms with van der Waals surface area (Å²) in [4.78, 5) is 11.0. The maximum atomic E-state index is 12.0. The second kappa shape index (κ2) is 4.67. The van der Waals surface area contributed by atoms with Gasteiger partial charge in [-0.2, -0.15) is 30.6 Å². The maximum Gasteiger partial charge on any atom is 0.402 e. The van der Waals surface area contributed by atoms with Crippen LogP contribution in [0.25, 0.3) is 0 Å². The number of aliphatic carboxylic acids is 1. The molecule has 0 aromatic heterocycles. The van der Waals surface area contributed by atoms with Crippen LogP contribution in [0.4, 0.5) is 13.2 Å². The van der Waals surface area contributed by atoms with Crippen LogP contribution in [0, 0.1) is 0 Å². The molecule has 2 N–H and O–H groups in total. The zero-order valence-electron chi connectivity index (χ0n) is 9.49. The van der Waals surface area contributed by atoms with E-state index in [2.05, 4.69) is 0 Å². The first-order chi connectivity index (χ1) is 7.99. The lowest BCUT2D eigenvalue weighted by atomic mass is 10.0. The number of hydrogen-bond donors (Lipinski definition) is 2. The molecule has 1 atom stereocenters. The number of nitrogens with zero attached hydrogens (tertiary/aromatic N) is 1. The molecular formula is C8H13F3N2O4S. The largest absolute Gasteiger partial charge is 0.480 e. The molecular weight excluding hydrogens is 277 g/mol. The van der Waals surface area contributed by atoms with E-state index in [1.807, 2.05) is 0 Å². The SMILES string of the molecule is CC1(C(=O)O)CCCN1S(=O)(=O)NCC(F)(F)F. The molecule has 1 aliphatic heterocycles. The Morgan fingerprint density at radius 1 is 1.50 bits per heavy atom. The average molecular weight is 290 g/mol. The molecule has 0 saturated carbocycles. The predicted octanol–water partition coefficient (Wildman–Crippen LogP) is 0.322. The third-order valence-electron chi connectivity index (χ3n) is 2.78. The van der Waals surface area contributed by atoms with Crippen molar-refractivity contribution in [2.24, 2.45) is 0 Å². The summed E-state index contributed by atoms with van der Waals surface area (Å²) in [5, 5.41) is 8.98. The Kier molecular flexibility index (Phi) is 3.94. The van der Waals surface area contributed by atoms with E-state index in [9.17, 15) is 26.4 Å². The Hall–Kier alpha value is -0.870. The molecule has 0 radical (unpaired) electrons. The minimum atomic E-state index is -4.69. The standard InChI is InChI=1S/C8H13F3N2O4S/c1-7(6(14)15)3-2-4-13(7)18(16,17)12-5-8(9,10)11/h12H,2-5H2,1H3,(H,14,15). The lowest BCUT2D eigenvalue weighted by Gasteiger charge is -2.30. The van der Waals surface area contributed by atoms with Crippen molar-refractivity contribution in [1.82, 2.24) is 9.03 Å². The Morgan fingerprint density at radius 3 is 2.50 bits per heavy atom. The van der Waals surface area contributed by atoms with E-state index in [4.69, 9.17) is 5.11 Å². The number of carboxylic acids is 1. The van der Waals surface area contributed by atoms with Crippen molar-refractivity contribution < 1.29 is 31.5 Å². The molecule has 1 fully saturated rings. The summed E-state index contributed by atoms with van der Waals surface area (Å²) in [5.41, 5.74) is -1.70. The fourth-order valence-electron chi connectivity index (χ4n) is 1.79. The number of halogens is 3. The van der Waals surface area contributed by atoms with Gasteiger partial charge in [0.25, 0.3) is 10.2 Å². The van der Waals surface area contributed by atoms with Crippen molar-refractivity contribution in [2.45, 2.75) is 31.5 Å². The van der Waals surface area contributed by atoms with Gasteiger partial charge in [-0.1, -0.05) is 0 Å². The molecule has 1 rings (SSSR count). The first-order valence-electron chi connectivity index (χ1n) is 5.07. The molecule has 0 amide bonds. The molecule has 1 aliphatic rings. The highest BCUT2D eigenvalue weighted by Gasteiger charge is 2.49. The van der Waals surface area contributed by atoms with Crippen LogP contribution in [-0.2, 0) is 15.0 Å². The van der Waals surface area contributed by atoms with Crippen molar-refractivity contribution in [2.75, 3.05) is 13.1 Å². The van der Waals surface area contributed by atoms with Crippen LogP contribution in [0.5, 0.6) is 0 Å². The van der Waals surface area contributed by atoms with E-state index in [0.29, 0.717) is 4.31 Å². The van der Waals surface area contributed by atoms with Gasteiger partial charge in [0.05, 0.1) is 0 Å². The van der Waals surface area contributed by atoms with E-state index in [1.54, 1.807) is 0 Å². The average Bonchev–Trinajstić information content (AvgIpc) is 2.59. The first-order valence-corrected chi connectivity index (χ1v) is 6.51. The summed E-state index contributed by atoms with van der Waals surface area (Å²) in [6.07, 6.45) is -4.34. The van der Waals surface area contributed by atoms with Crippen molar-refractivity contribution >= 4 is 16.2 Å². The van der Waals surface area contributed by atoms with Crippen LogP contribution in [0.3, 0.4) is 0 Å². The van der Waals surface area contributed by atoms with Crippen molar-refractivity contribution in [1.29, 1.82) is 0 Å². The second-order valence-electron chi connectivity index (χ2n) is 4.20. The van der Waals surface area contributed by atoms with Gasteiger partial charge in [0, 0.05) is 6.54 Å². The number of carbonyl (C=O) groups is 1. The van der Waals surface area contributed by atoms with Gasteiger partial charge in [0.2, 0.25) is 0 Å². The fourth-order valence-corrected chi connectivity index (χ4v) is 3.36. The minimum absolute atomic E-state index is 0.0647. The van der Waals surface area contributed by atoms with E-state index < -0.39 is 34.4 Å². The van der Waals surface area contributed by atoms with Crippen LogP contribution >= 0.6 is 0 Å². The van der Waals surface area contributed by atoms with Gasteiger partial charge >= 0.3 is 12.1 Å². The van der Waals surface area contributed by atoms with Gasteiger partial charge in [-0.15, -0.1) is 0 Å². The minimum Gasteiger partial charge on any atom is -0.480 e. The third kappa shape index (κ3) is 3.12. The van der Waals surface area contributed by atoms with Crippen LogP contribution in [0.1, 0.15) is 19.8 Å².